The van der Waals surface area contributed by atoms with Crippen LogP contribution in [0, 0.1) is 0 Å². The number of aromatic nitrogens is 2. The molecule has 0 aromatic carbocycles. The highest BCUT2D eigenvalue weighted by Gasteiger charge is 2.09. The highest BCUT2D eigenvalue weighted by molar-refractivity contribution is 5.07. The summed E-state index contributed by atoms with van der Waals surface area (Å²) in [4.78, 5) is 0. The fourth-order valence-corrected chi connectivity index (χ4v) is 1.51. The molecule has 0 saturated heterocycles. The molecule has 0 fully saturated rings. The quantitative estimate of drug-likeness (QED) is 0.691. The minimum absolute atomic E-state index is 0.456. The van der Waals surface area contributed by atoms with Crippen LogP contribution in [-0.2, 0) is 11.3 Å². The van der Waals surface area contributed by atoms with E-state index in [1.807, 2.05) is 10.9 Å². The molecule has 1 rings (SSSR count). The molecule has 1 aromatic heterocycles. The number of rotatable bonds is 8. The molecule has 0 aliphatic heterocycles. The predicted molar refractivity (Wildman–Crippen MR) is 63.2 cm³/mol. The third-order valence-corrected chi connectivity index (χ3v) is 2.37. The Balaban J connectivity index is 2.31. The molecule has 0 bridgehead atoms. The van der Waals surface area contributed by atoms with Crippen LogP contribution in [0.4, 0.5) is 0 Å². The molecule has 1 aromatic rings. The first-order valence-electron chi connectivity index (χ1n) is 6.06. The van der Waals surface area contributed by atoms with Gasteiger partial charge in [0.2, 0.25) is 0 Å². The predicted octanol–water partition coefficient (Wildman–Crippen LogP) is 2.14. The number of aliphatic hydroxyl groups excluding tert-OH is 1. The van der Waals surface area contributed by atoms with Crippen molar-refractivity contribution in [1.82, 2.24) is 9.78 Å². The molecule has 0 amide bonds. The zero-order chi connectivity index (χ0) is 11.8. The second kappa shape index (κ2) is 7.41. The summed E-state index contributed by atoms with van der Waals surface area (Å²) in [7, 11) is 0. The molecule has 1 unspecified atom stereocenters. The smallest absolute Gasteiger partial charge is 0.0842 e. The van der Waals surface area contributed by atoms with Gasteiger partial charge in [0.15, 0.2) is 0 Å². The van der Waals surface area contributed by atoms with Crippen LogP contribution in [0.2, 0.25) is 0 Å². The van der Waals surface area contributed by atoms with Crippen molar-refractivity contribution in [2.24, 2.45) is 0 Å². The Hall–Kier alpha value is -0.870. The van der Waals surface area contributed by atoms with Gasteiger partial charge in [-0.2, -0.15) is 5.10 Å². The van der Waals surface area contributed by atoms with Crippen LogP contribution in [0.25, 0.3) is 0 Å². The first-order valence-corrected chi connectivity index (χ1v) is 6.06. The van der Waals surface area contributed by atoms with E-state index in [4.69, 9.17) is 4.74 Å². The second-order valence-corrected chi connectivity index (χ2v) is 3.95. The van der Waals surface area contributed by atoms with Crippen LogP contribution in [0.3, 0.4) is 0 Å². The molecule has 4 heteroatoms. The summed E-state index contributed by atoms with van der Waals surface area (Å²) in [6, 6.07) is 0. The summed E-state index contributed by atoms with van der Waals surface area (Å²) < 4.78 is 7.21. The van der Waals surface area contributed by atoms with Crippen LogP contribution < -0.4 is 0 Å². The lowest BCUT2D eigenvalue weighted by Gasteiger charge is -2.08. The summed E-state index contributed by atoms with van der Waals surface area (Å²) in [6.07, 6.45) is 5.90. The average molecular weight is 226 g/mol. The zero-order valence-electron chi connectivity index (χ0n) is 10.2. The lowest BCUT2D eigenvalue weighted by Crippen LogP contribution is -2.03. The Morgan fingerprint density at radius 2 is 2.19 bits per heavy atom. The Bertz CT molecular complexity index is 286. The van der Waals surface area contributed by atoms with Crippen LogP contribution in [0.5, 0.6) is 0 Å². The van der Waals surface area contributed by atoms with Gasteiger partial charge in [-0.25, -0.2) is 0 Å². The minimum atomic E-state index is -0.456. The van der Waals surface area contributed by atoms with Crippen molar-refractivity contribution in [3.05, 3.63) is 18.0 Å². The Kier molecular flexibility index (Phi) is 6.11. The summed E-state index contributed by atoms with van der Waals surface area (Å²) in [5.41, 5.74) is 0.883. The van der Waals surface area contributed by atoms with Crippen molar-refractivity contribution >= 4 is 0 Å². The highest BCUT2D eigenvalue weighted by Crippen LogP contribution is 2.15. The maximum atomic E-state index is 9.87. The standard InChI is InChI=1S/C12H22N2O2/c1-3-6-14-10-11(9-13-14)12(15)5-8-16-7-4-2/h9-10,12,15H,3-8H2,1-2H3. The summed E-state index contributed by atoms with van der Waals surface area (Å²) in [5, 5.41) is 14.1. The molecule has 1 atom stereocenters. The van der Waals surface area contributed by atoms with Gasteiger partial charge in [0.05, 0.1) is 12.3 Å². The number of ether oxygens (including phenoxy) is 1. The van der Waals surface area contributed by atoms with Crippen LogP contribution >= 0.6 is 0 Å². The van der Waals surface area contributed by atoms with E-state index in [1.54, 1.807) is 6.20 Å². The van der Waals surface area contributed by atoms with E-state index in [-0.39, 0.29) is 0 Å². The summed E-state index contributed by atoms with van der Waals surface area (Å²) in [5.74, 6) is 0. The molecule has 0 aliphatic carbocycles. The van der Waals surface area contributed by atoms with E-state index in [0.717, 1.165) is 31.6 Å². The van der Waals surface area contributed by atoms with E-state index in [9.17, 15) is 5.11 Å². The molecular formula is C12H22N2O2. The SMILES string of the molecule is CCCOCCC(O)c1cnn(CCC)c1. The first kappa shape index (κ1) is 13.2. The van der Waals surface area contributed by atoms with Gasteiger partial charge < -0.3 is 9.84 Å². The third kappa shape index (κ3) is 4.33. The van der Waals surface area contributed by atoms with E-state index in [2.05, 4.69) is 18.9 Å². The average Bonchev–Trinajstić information content (AvgIpc) is 2.73. The normalized spacial score (nSPS) is 12.9. The third-order valence-electron chi connectivity index (χ3n) is 2.37. The van der Waals surface area contributed by atoms with Gasteiger partial charge in [0, 0.05) is 37.9 Å². The van der Waals surface area contributed by atoms with Gasteiger partial charge in [-0.05, 0) is 12.8 Å². The largest absolute Gasteiger partial charge is 0.388 e. The van der Waals surface area contributed by atoms with Gasteiger partial charge in [-0.15, -0.1) is 0 Å². The summed E-state index contributed by atoms with van der Waals surface area (Å²) >= 11 is 0. The molecule has 1 heterocycles. The van der Waals surface area contributed by atoms with Crippen molar-refractivity contribution < 1.29 is 9.84 Å². The van der Waals surface area contributed by atoms with Crippen LogP contribution in [0.15, 0.2) is 12.4 Å². The number of hydrogen-bond donors (Lipinski definition) is 1. The van der Waals surface area contributed by atoms with E-state index >= 15 is 0 Å². The molecule has 0 aliphatic rings. The van der Waals surface area contributed by atoms with Crippen molar-refractivity contribution in [2.75, 3.05) is 13.2 Å². The molecule has 0 spiro atoms. The van der Waals surface area contributed by atoms with Crippen molar-refractivity contribution in [3.63, 3.8) is 0 Å². The maximum Gasteiger partial charge on any atom is 0.0842 e. The Morgan fingerprint density at radius 1 is 1.38 bits per heavy atom. The fourth-order valence-electron chi connectivity index (χ4n) is 1.51. The molecule has 4 nitrogen and oxygen atoms in total. The molecule has 16 heavy (non-hydrogen) atoms. The monoisotopic (exact) mass is 226 g/mol. The van der Waals surface area contributed by atoms with Gasteiger partial charge in [-0.3, -0.25) is 4.68 Å². The number of hydrogen-bond acceptors (Lipinski definition) is 3. The van der Waals surface area contributed by atoms with Gasteiger partial charge >= 0.3 is 0 Å². The highest BCUT2D eigenvalue weighted by atomic mass is 16.5. The van der Waals surface area contributed by atoms with Crippen LogP contribution in [-0.4, -0.2) is 28.1 Å². The van der Waals surface area contributed by atoms with Gasteiger partial charge in [0.1, 0.15) is 0 Å². The topological polar surface area (TPSA) is 47.3 Å². The van der Waals surface area contributed by atoms with Crippen molar-refractivity contribution in [3.8, 4) is 0 Å². The lowest BCUT2D eigenvalue weighted by molar-refractivity contribution is 0.0821. The van der Waals surface area contributed by atoms with E-state index < -0.39 is 6.10 Å². The Labute approximate surface area is 97.2 Å². The lowest BCUT2D eigenvalue weighted by atomic mass is 10.1. The minimum Gasteiger partial charge on any atom is -0.388 e. The van der Waals surface area contributed by atoms with Gasteiger partial charge in [0.25, 0.3) is 0 Å². The number of nitrogens with zero attached hydrogens (tertiary/aromatic N) is 2. The van der Waals surface area contributed by atoms with Gasteiger partial charge in [-0.1, -0.05) is 13.8 Å². The zero-order valence-corrected chi connectivity index (χ0v) is 10.2. The van der Waals surface area contributed by atoms with E-state index in [0.29, 0.717) is 13.0 Å². The molecular weight excluding hydrogens is 204 g/mol. The number of aliphatic hydroxyl groups is 1. The van der Waals surface area contributed by atoms with E-state index in [1.165, 1.54) is 0 Å². The molecule has 1 N–H and O–H groups in total. The molecule has 0 saturated carbocycles. The second-order valence-electron chi connectivity index (χ2n) is 3.95. The van der Waals surface area contributed by atoms with Crippen molar-refractivity contribution in [2.45, 2.75) is 45.8 Å². The van der Waals surface area contributed by atoms with Crippen LogP contribution in [0.1, 0.15) is 44.8 Å². The molecule has 0 radical (unpaired) electrons. The number of aryl methyl sites for hydroxylation is 1. The first-order chi connectivity index (χ1) is 7.77. The summed E-state index contributed by atoms with van der Waals surface area (Å²) in [6.45, 7) is 6.45. The molecule has 92 valence electrons. The van der Waals surface area contributed by atoms with Crippen molar-refractivity contribution in [1.29, 1.82) is 0 Å². The Morgan fingerprint density at radius 3 is 2.88 bits per heavy atom. The maximum absolute atomic E-state index is 9.87. The fraction of sp³-hybridized carbons (Fsp3) is 0.750.